The maximum atomic E-state index is 2.55. The minimum Gasteiger partial charge on any atom is -0.0619 e. The zero-order chi connectivity index (χ0) is 44.1. The molecule has 310 valence electrons. The van der Waals surface area contributed by atoms with E-state index >= 15 is 0 Å². The van der Waals surface area contributed by atoms with Gasteiger partial charge in [0.2, 0.25) is 0 Å². The van der Waals surface area contributed by atoms with Crippen LogP contribution in [0.3, 0.4) is 0 Å². The second-order valence-electron chi connectivity index (χ2n) is 19.5. The van der Waals surface area contributed by atoms with E-state index in [2.05, 4.69) is 232 Å². The minimum absolute atomic E-state index is 0.0885. The van der Waals surface area contributed by atoms with E-state index in [1.807, 2.05) is 0 Å². The largest absolute Gasteiger partial charge is 0.0619 e. The van der Waals surface area contributed by atoms with Crippen molar-refractivity contribution in [2.45, 2.75) is 19.3 Å². The van der Waals surface area contributed by atoms with Crippen LogP contribution in [0, 0.1) is 0 Å². The van der Waals surface area contributed by atoms with Crippen molar-refractivity contribution in [1.29, 1.82) is 0 Å². The Labute approximate surface area is 388 Å². The number of rotatable bonds is 4. The molecule has 0 saturated carbocycles. The van der Waals surface area contributed by atoms with Gasteiger partial charge in [-0.1, -0.05) is 208 Å². The van der Waals surface area contributed by atoms with Crippen molar-refractivity contribution in [1.82, 2.24) is 0 Å². The first kappa shape index (κ1) is 37.0. The smallest absolute Gasteiger partial charge is 0.0158 e. The highest BCUT2D eigenvalue weighted by Gasteiger charge is 2.35. The summed E-state index contributed by atoms with van der Waals surface area (Å²) >= 11 is 0. The lowest BCUT2D eigenvalue weighted by Crippen LogP contribution is -2.14. The molecule has 0 bridgehead atoms. The first-order valence-electron chi connectivity index (χ1n) is 23.7. The third kappa shape index (κ3) is 5.08. The molecule has 14 aromatic carbocycles. The van der Waals surface area contributed by atoms with Gasteiger partial charge < -0.3 is 0 Å². The van der Waals surface area contributed by atoms with Gasteiger partial charge in [-0.25, -0.2) is 0 Å². The SMILES string of the molecule is CC1(C)c2ccccc2-c2cc(-c3c(-c4cc5ccccc5cc4-c4ccc5ccc6cccc7ccc4c5c67)cc(-c4ccc5ccc6cccc7ccc4c5c67)c4ccccc34)ccc21. The molecule has 0 aromatic heterocycles. The van der Waals surface area contributed by atoms with Gasteiger partial charge >= 0.3 is 0 Å². The molecule has 0 saturated heterocycles. The molecule has 0 heteroatoms. The average molecular weight is 847 g/mol. The lowest BCUT2D eigenvalue weighted by Gasteiger charge is -2.24. The van der Waals surface area contributed by atoms with Gasteiger partial charge in [0.15, 0.2) is 0 Å². The van der Waals surface area contributed by atoms with Crippen molar-refractivity contribution in [3.8, 4) is 55.6 Å². The van der Waals surface area contributed by atoms with E-state index in [4.69, 9.17) is 0 Å². The fraction of sp³-hybridized carbons (Fsp3) is 0.0448. The Balaban J connectivity index is 1.10. The molecule has 1 aliphatic carbocycles. The van der Waals surface area contributed by atoms with E-state index in [-0.39, 0.29) is 5.41 Å². The number of fused-ring (bicyclic) bond motifs is 5. The summed E-state index contributed by atoms with van der Waals surface area (Å²) in [5, 5.41) is 20.6. The highest BCUT2D eigenvalue weighted by molar-refractivity contribution is 6.28. The Kier molecular flexibility index (Phi) is 7.38. The zero-order valence-electron chi connectivity index (χ0n) is 37.3. The van der Waals surface area contributed by atoms with Crippen LogP contribution < -0.4 is 0 Å². The van der Waals surface area contributed by atoms with Gasteiger partial charge in [-0.15, -0.1) is 0 Å². The molecule has 0 N–H and O–H groups in total. The fourth-order valence-corrected chi connectivity index (χ4v) is 12.6. The summed E-state index contributed by atoms with van der Waals surface area (Å²) in [6.45, 7) is 4.75. The van der Waals surface area contributed by atoms with Gasteiger partial charge in [-0.3, -0.25) is 0 Å². The van der Waals surface area contributed by atoms with Crippen molar-refractivity contribution in [2.24, 2.45) is 0 Å². The normalized spacial score (nSPS) is 13.3. The number of hydrogen-bond donors (Lipinski definition) is 0. The summed E-state index contributed by atoms with van der Waals surface area (Å²) in [4.78, 5) is 0. The summed E-state index contributed by atoms with van der Waals surface area (Å²) in [5.41, 5.74) is 15.3. The predicted octanol–water partition coefficient (Wildman–Crippen LogP) is 18.8. The van der Waals surface area contributed by atoms with Gasteiger partial charge in [0, 0.05) is 5.41 Å². The molecule has 67 heavy (non-hydrogen) atoms. The molecule has 0 nitrogen and oxygen atoms in total. The molecule has 0 spiro atoms. The molecule has 14 aromatic rings. The van der Waals surface area contributed by atoms with Crippen molar-refractivity contribution >= 4 is 86.2 Å². The topological polar surface area (TPSA) is 0 Å². The van der Waals surface area contributed by atoms with Crippen LogP contribution in [0.15, 0.2) is 218 Å². The van der Waals surface area contributed by atoms with Crippen molar-refractivity contribution < 1.29 is 0 Å². The standard InChI is InChI=1S/C67H42/c1-67(2)60-20-8-7-18-51(60)58-37-47(29-34-61(58)67)64-52-19-6-5-17-48(52)57(50-31-26-44-24-22-40-14-10-16-42-28-33-54(50)66(44)63(40)42)38-59(64)56-36-46-12-4-3-11-45(46)35-55(56)49-30-25-43-23-21-39-13-9-15-41-27-32-53(49)65(43)62(39)41/h3-38H,1-2H3. The molecule has 0 aliphatic heterocycles. The maximum absolute atomic E-state index is 2.55. The highest BCUT2D eigenvalue weighted by atomic mass is 14.4. The summed E-state index contributed by atoms with van der Waals surface area (Å²) < 4.78 is 0. The van der Waals surface area contributed by atoms with Crippen molar-refractivity contribution in [3.63, 3.8) is 0 Å². The lowest BCUT2D eigenvalue weighted by molar-refractivity contribution is 0.660. The van der Waals surface area contributed by atoms with Gasteiger partial charge in [-0.05, 0) is 177 Å². The van der Waals surface area contributed by atoms with E-state index in [9.17, 15) is 0 Å². The molecule has 0 amide bonds. The van der Waals surface area contributed by atoms with Crippen LogP contribution in [0.5, 0.6) is 0 Å². The summed E-state index contributed by atoms with van der Waals surface area (Å²) in [5.74, 6) is 0. The third-order valence-electron chi connectivity index (χ3n) is 15.7. The minimum atomic E-state index is -0.0885. The Hall–Kier alpha value is -8.32. The van der Waals surface area contributed by atoms with Gasteiger partial charge in [0.1, 0.15) is 0 Å². The maximum Gasteiger partial charge on any atom is 0.0158 e. The first-order chi connectivity index (χ1) is 33.0. The molecule has 0 atom stereocenters. The van der Waals surface area contributed by atoms with Crippen LogP contribution in [-0.4, -0.2) is 0 Å². The van der Waals surface area contributed by atoms with Crippen LogP contribution in [0.1, 0.15) is 25.0 Å². The molecule has 0 unspecified atom stereocenters. The predicted molar refractivity (Wildman–Crippen MR) is 288 cm³/mol. The van der Waals surface area contributed by atoms with Crippen LogP contribution in [-0.2, 0) is 5.41 Å². The van der Waals surface area contributed by atoms with Gasteiger partial charge in [-0.2, -0.15) is 0 Å². The Morgan fingerprint density at radius 1 is 0.239 bits per heavy atom. The van der Waals surface area contributed by atoms with Gasteiger partial charge in [0.05, 0.1) is 0 Å². The summed E-state index contributed by atoms with van der Waals surface area (Å²) in [7, 11) is 0. The molecule has 0 fully saturated rings. The first-order valence-corrected chi connectivity index (χ1v) is 23.7. The number of hydrogen-bond acceptors (Lipinski definition) is 0. The van der Waals surface area contributed by atoms with Crippen molar-refractivity contribution in [3.05, 3.63) is 230 Å². The summed E-state index contributed by atoms with van der Waals surface area (Å²) in [6.07, 6.45) is 0. The molecule has 1 aliphatic rings. The van der Waals surface area contributed by atoms with E-state index in [1.165, 1.54) is 153 Å². The molecular formula is C67H42. The second kappa shape index (κ2) is 13.4. The molecular weight excluding hydrogens is 805 g/mol. The highest BCUT2D eigenvalue weighted by Crippen LogP contribution is 2.54. The van der Waals surface area contributed by atoms with E-state index in [0.717, 1.165) is 0 Å². The van der Waals surface area contributed by atoms with E-state index < -0.39 is 0 Å². The number of benzene rings is 14. The Morgan fingerprint density at radius 3 is 1.33 bits per heavy atom. The third-order valence-corrected chi connectivity index (χ3v) is 15.7. The van der Waals surface area contributed by atoms with Gasteiger partial charge in [0.25, 0.3) is 0 Å². The second-order valence-corrected chi connectivity index (χ2v) is 19.5. The average Bonchev–Trinajstić information content (AvgIpc) is 3.61. The lowest BCUT2D eigenvalue weighted by atomic mass is 9.79. The van der Waals surface area contributed by atoms with Crippen LogP contribution in [0.2, 0.25) is 0 Å². The monoisotopic (exact) mass is 846 g/mol. The van der Waals surface area contributed by atoms with Crippen LogP contribution in [0.25, 0.3) is 142 Å². The quantitative estimate of drug-likeness (QED) is 0.155. The van der Waals surface area contributed by atoms with Crippen LogP contribution >= 0.6 is 0 Å². The van der Waals surface area contributed by atoms with E-state index in [1.54, 1.807) is 0 Å². The molecule has 0 radical (unpaired) electrons. The summed E-state index contributed by atoms with van der Waals surface area (Å²) in [6, 6.07) is 83.3. The fourth-order valence-electron chi connectivity index (χ4n) is 12.6. The van der Waals surface area contributed by atoms with Crippen molar-refractivity contribution in [2.75, 3.05) is 0 Å². The zero-order valence-corrected chi connectivity index (χ0v) is 37.3. The van der Waals surface area contributed by atoms with Crippen LogP contribution in [0.4, 0.5) is 0 Å². The Bertz CT molecular complexity index is 4380. The Morgan fingerprint density at radius 2 is 0.701 bits per heavy atom. The molecule has 0 heterocycles. The van der Waals surface area contributed by atoms with E-state index in [0.29, 0.717) is 0 Å². The molecule has 15 rings (SSSR count).